The summed E-state index contributed by atoms with van der Waals surface area (Å²) in [6, 6.07) is 7.21. The molecule has 0 saturated heterocycles. The van der Waals surface area contributed by atoms with Crippen molar-refractivity contribution in [2.75, 3.05) is 12.3 Å². The quantitative estimate of drug-likeness (QED) is 0.768. The molecule has 0 aliphatic carbocycles. The van der Waals surface area contributed by atoms with Crippen LogP contribution in [0.4, 0.5) is 4.79 Å². The van der Waals surface area contributed by atoms with Crippen LogP contribution in [-0.4, -0.2) is 44.4 Å². The van der Waals surface area contributed by atoms with Crippen LogP contribution in [0.15, 0.2) is 29.4 Å². The third-order valence-electron chi connectivity index (χ3n) is 2.98. The van der Waals surface area contributed by atoms with Gasteiger partial charge in [-0.2, -0.15) is 4.68 Å². The van der Waals surface area contributed by atoms with Gasteiger partial charge in [0.2, 0.25) is 11.1 Å². The van der Waals surface area contributed by atoms with E-state index in [4.69, 9.17) is 0 Å². The maximum absolute atomic E-state index is 11.8. The highest BCUT2D eigenvalue weighted by Gasteiger charge is 2.13. The molecule has 128 valence electrons. The first-order chi connectivity index (χ1) is 11.5. The number of hydrogen-bond donors (Lipinski definition) is 2. The molecule has 0 aliphatic heterocycles. The van der Waals surface area contributed by atoms with Gasteiger partial charge in [0.25, 0.3) is 0 Å². The number of aromatic nitrogens is 4. The largest absolute Gasteiger partial charge is 0.338 e. The number of carbonyl (C=O) groups excluding carboxylic acids is 2. The second kappa shape index (κ2) is 8.44. The van der Waals surface area contributed by atoms with E-state index < -0.39 is 11.9 Å². The molecular formula is C15H20N6O2S. The third-order valence-corrected chi connectivity index (χ3v) is 3.89. The minimum Gasteiger partial charge on any atom is -0.338 e. The fourth-order valence-electron chi connectivity index (χ4n) is 1.75. The van der Waals surface area contributed by atoms with E-state index in [0.29, 0.717) is 17.6 Å². The van der Waals surface area contributed by atoms with Gasteiger partial charge in [-0.3, -0.25) is 10.1 Å². The maximum atomic E-state index is 11.8. The van der Waals surface area contributed by atoms with Crippen molar-refractivity contribution >= 4 is 23.7 Å². The van der Waals surface area contributed by atoms with Gasteiger partial charge < -0.3 is 5.32 Å². The highest BCUT2D eigenvalue weighted by atomic mass is 32.2. The summed E-state index contributed by atoms with van der Waals surface area (Å²) >= 11 is 1.16. The number of amides is 3. The van der Waals surface area contributed by atoms with E-state index >= 15 is 0 Å². The van der Waals surface area contributed by atoms with Crippen LogP contribution in [-0.2, 0) is 4.79 Å². The molecule has 1 aromatic carbocycles. The zero-order chi connectivity index (χ0) is 17.5. The van der Waals surface area contributed by atoms with E-state index in [-0.39, 0.29) is 5.75 Å². The van der Waals surface area contributed by atoms with Gasteiger partial charge in [-0.25, -0.2) is 4.79 Å². The van der Waals surface area contributed by atoms with Crippen LogP contribution in [0.1, 0.15) is 19.4 Å². The summed E-state index contributed by atoms with van der Waals surface area (Å²) in [5.74, 6) is -0.0412. The predicted octanol–water partition coefficient (Wildman–Crippen LogP) is 1.54. The van der Waals surface area contributed by atoms with Gasteiger partial charge in [-0.15, -0.1) is 5.10 Å². The Morgan fingerprint density at radius 2 is 1.96 bits per heavy atom. The van der Waals surface area contributed by atoms with Crippen LogP contribution in [0.3, 0.4) is 0 Å². The Balaban J connectivity index is 1.89. The molecule has 0 fully saturated rings. The van der Waals surface area contributed by atoms with Crippen molar-refractivity contribution in [3.63, 3.8) is 0 Å². The lowest BCUT2D eigenvalue weighted by molar-refractivity contribution is -0.117. The van der Waals surface area contributed by atoms with E-state index in [1.54, 1.807) is 4.68 Å². The van der Waals surface area contributed by atoms with Crippen LogP contribution in [0.5, 0.6) is 0 Å². The first-order valence-electron chi connectivity index (χ1n) is 7.51. The van der Waals surface area contributed by atoms with Crippen LogP contribution < -0.4 is 10.6 Å². The molecule has 2 N–H and O–H groups in total. The molecule has 1 aromatic heterocycles. The summed E-state index contributed by atoms with van der Waals surface area (Å²) < 4.78 is 1.55. The number of nitrogens with one attached hydrogen (secondary N) is 2. The molecule has 0 unspecified atom stereocenters. The molecule has 0 aliphatic rings. The third kappa shape index (κ3) is 5.34. The van der Waals surface area contributed by atoms with Crippen LogP contribution in [0.2, 0.25) is 0 Å². The standard InChI is InChI=1S/C15H20N6O2S/c1-10(2)8-16-14(23)17-13(22)9-24-15-18-19-20-21(15)12-6-4-11(3)5-7-12/h4-7,10H,8-9H2,1-3H3,(H2,16,17,22,23). The molecular weight excluding hydrogens is 328 g/mol. The number of aryl methyl sites for hydroxylation is 1. The molecule has 8 nitrogen and oxygen atoms in total. The van der Waals surface area contributed by atoms with Gasteiger partial charge in [-0.05, 0) is 35.4 Å². The fourth-order valence-corrected chi connectivity index (χ4v) is 2.44. The average Bonchev–Trinajstić information content (AvgIpc) is 3.00. The lowest BCUT2D eigenvalue weighted by Crippen LogP contribution is -2.41. The summed E-state index contributed by atoms with van der Waals surface area (Å²) in [6.45, 7) is 6.46. The van der Waals surface area contributed by atoms with E-state index in [2.05, 4.69) is 26.2 Å². The van der Waals surface area contributed by atoms with Gasteiger partial charge in [-0.1, -0.05) is 43.3 Å². The van der Waals surface area contributed by atoms with Crippen molar-refractivity contribution in [3.05, 3.63) is 29.8 Å². The van der Waals surface area contributed by atoms with E-state index in [1.807, 2.05) is 45.0 Å². The van der Waals surface area contributed by atoms with Crippen molar-refractivity contribution in [1.82, 2.24) is 30.8 Å². The first kappa shape index (κ1) is 17.9. The number of nitrogens with zero attached hydrogens (tertiary/aromatic N) is 4. The van der Waals surface area contributed by atoms with Crippen molar-refractivity contribution in [1.29, 1.82) is 0 Å². The molecule has 0 saturated carbocycles. The SMILES string of the molecule is Cc1ccc(-n2nnnc2SCC(=O)NC(=O)NCC(C)C)cc1. The predicted molar refractivity (Wildman–Crippen MR) is 91.0 cm³/mol. The molecule has 2 rings (SSSR count). The van der Waals surface area contributed by atoms with Gasteiger partial charge >= 0.3 is 6.03 Å². The Morgan fingerprint density at radius 3 is 2.62 bits per heavy atom. The molecule has 1 heterocycles. The maximum Gasteiger partial charge on any atom is 0.321 e. The minimum absolute atomic E-state index is 0.0430. The van der Waals surface area contributed by atoms with Crippen LogP contribution in [0, 0.1) is 12.8 Å². The Morgan fingerprint density at radius 1 is 1.25 bits per heavy atom. The Kier molecular flexibility index (Phi) is 6.30. The van der Waals surface area contributed by atoms with E-state index in [1.165, 1.54) is 0 Å². The highest BCUT2D eigenvalue weighted by Crippen LogP contribution is 2.18. The molecule has 0 radical (unpaired) electrons. The fraction of sp³-hybridized carbons (Fsp3) is 0.400. The lowest BCUT2D eigenvalue weighted by Gasteiger charge is -2.08. The van der Waals surface area contributed by atoms with Gasteiger partial charge in [0, 0.05) is 6.54 Å². The number of thioether (sulfide) groups is 1. The first-order valence-corrected chi connectivity index (χ1v) is 8.50. The van der Waals surface area contributed by atoms with Gasteiger partial charge in [0.1, 0.15) is 0 Å². The Hall–Kier alpha value is -2.42. The Labute approximate surface area is 144 Å². The normalized spacial score (nSPS) is 10.7. The van der Waals surface area contributed by atoms with Crippen molar-refractivity contribution in [2.45, 2.75) is 25.9 Å². The highest BCUT2D eigenvalue weighted by molar-refractivity contribution is 7.99. The number of carbonyl (C=O) groups is 2. The zero-order valence-corrected chi connectivity index (χ0v) is 14.6. The zero-order valence-electron chi connectivity index (χ0n) is 13.8. The number of hydrogen-bond acceptors (Lipinski definition) is 6. The summed E-state index contributed by atoms with van der Waals surface area (Å²) in [6.07, 6.45) is 0. The lowest BCUT2D eigenvalue weighted by atomic mass is 10.2. The number of tetrazole rings is 1. The van der Waals surface area contributed by atoms with Crippen LogP contribution in [0.25, 0.3) is 5.69 Å². The summed E-state index contributed by atoms with van der Waals surface area (Å²) in [5.41, 5.74) is 1.94. The summed E-state index contributed by atoms with van der Waals surface area (Å²) in [4.78, 5) is 23.4. The number of imide groups is 1. The second-order valence-corrected chi connectivity index (χ2v) is 6.59. The molecule has 3 amide bonds. The number of benzene rings is 1. The Bertz CT molecular complexity index is 698. The average molecular weight is 348 g/mol. The van der Waals surface area contributed by atoms with E-state index in [9.17, 15) is 9.59 Å². The second-order valence-electron chi connectivity index (χ2n) is 5.65. The van der Waals surface area contributed by atoms with Crippen molar-refractivity contribution in [3.8, 4) is 5.69 Å². The van der Waals surface area contributed by atoms with Crippen molar-refractivity contribution < 1.29 is 9.59 Å². The number of urea groups is 1. The van der Waals surface area contributed by atoms with E-state index in [0.717, 1.165) is 23.0 Å². The summed E-state index contributed by atoms with van der Waals surface area (Å²) in [5, 5.41) is 16.9. The molecule has 24 heavy (non-hydrogen) atoms. The molecule has 0 bridgehead atoms. The minimum atomic E-state index is -0.493. The topological polar surface area (TPSA) is 102 Å². The molecule has 0 atom stereocenters. The van der Waals surface area contributed by atoms with Crippen molar-refractivity contribution in [2.24, 2.45) is 5.92 Å². The molecule has 9 heteroatoms. The summed E-state index contributed by atoms with van der Waals surface area (Å²) in [7, 11) is 0. The monoisotopic (exact) mass is 348 g/mol. The van der Waals surface area contributed by atoms with Crippen LogP contribution >= 0.6 is 11.8 Å². The van der Waals surface area contributed by atoms with Gasteiger partial charge in [0.05, 0.1) is 11.4 Å². The molecule has 2 aromatic rings. The van der Waals surface area contributed by atoms with Gasteiger partial charge in [0.15, 0.2) is 0 Å². The number of rotatable bonds is 6. The molecule has 0 spiro atoms. The smallest absolute Gasteiger partial charge is 0.321 e.